The molecule has 1 fully saturated rings. The Hall–Kier alpha value is -3.40. The second-order valence-electron chi connectivity index (χ2n) is 8.81. The molecule has 0 saturated carbocycles. The Morgan fingerprint density at radius 1 is 0.971 bits per heavy atom. The average Bonchev–Trinajstić information content (AvgIpc) is 3.40. The van der Waals surface area contributed by atoms with Crippen LogP contribution in [0.1, 0.15) is 24.8 Å². The molecule has 2 aromatic carbocycles. The van der Waals surface area contributed by atoms with Gasteiger partial charge >= 0.3 is 5.69 Å². The number of para-hydroxylation sites is 1. The molecule has 0 radical (unpaired) electrons. The molecule has 10 heteroatoms. The Morgan fingerprint density at radius 2 is 1.71 bits per heavy atom. The summed E-state index contributed by atoms with van der Waals surface area (Å²) in [5.74, 6) is -0.287. The number of likely N-dealkylation sites (tertiary alicyclic amines) is 1. The summed E-state index contributed by atoms with van der Waals surface area (Å²) in [5.41, 5.74) is 0.649. The second kappa shape index (κ2) is 8.43. The largest absolute Gasteiger partial charge is 0.341 e. The number of benzene rings is 2. The molecule has 2 aliphatic heterocycles. The standard InChI is InChI=1S/C24H26N4O5S/c1-25-21-11-10-18(34(32,33)28-14-6-8-17-7-2-3-9-20(17)28)15-19(21)23(30)27(24(25)31)16-22(29)26-12-4-5-13-26/h2-3,7,9-11,15H,4-6,8,12-14,16H2,1H3. The number of nitrogens with zero attached hydrogens (tertiary/aromatic N) is 4. The van der Waals surface area contributed by atoms with Gasteiger partial charge in [0.1, 0.15) is 6.54 Å². The lowest BCUT2D eigenvalue weighted by molar-refractivity contribution is -0.130. The van der Waals surface area contributed by atoms with Gasteiger partial charge in [-0.1, -0.05) is 18.2 Å². The molecule has 2 aliphatic rings. The molecule has 178 valence electrons. The van der Waals surface area contributed by atoms with Gasteiger partial charge in [0.25, 0.3) is 15.6 Å². The Labute approximate surface area is 196 Å². The molecule has 34 heavy (non-hydrogen) atoms. The topological polar surface area (TPSA) is 102 Å². The molecule has 0 spiro atoms. The van der Waals surface area contributed by atoms with Crippen molar-refractivity contribution in [3.8, 4) is 0 Å². The summed E-state index contributed by atoms with van der Waals surface area (Å²) in [6.45, 7) is 1.21. The van der Waals surface area contributed by atoms with Crippen LogP contribution in [-0.2, 0) is 34.8 Å². The van der Waals surface area contributed by atoms with Gasteiger partial charge in [-0.3, -0.25) is 23.0 Å². The Balaban J connectivity index is 1.60. The summed E-state index contributed by atoms with van der Waals surface area (Å²) in [5, 5.41) is 0.0858. The van der Waals surface area contributed by atoms with Crippen LogP contribution < -0.4 is 15.6 Å². The Bertz CT molecular complexity index is 1520. The van der Waals surface area contributed by atoms with E-state index >= 15 is 0 Å². The number of hydrogen-bond acceptors (Lipinski definition) is 5. The summed E-state index contributed by atoms with van der Waals surface area (Å²) in [6.07, 6.45) is 3.30. The number of aromatic nitrogens is 2. The van der Waals surface area contributed by atoms with E-state index in [9.17, 15) is 22.8 Å². The molecule has 9 nitrogen and oxygen atoms in total. The van der Waals surface area contributed by atoms with Crippen LogP contribution in [-0.4, -0.2) is 48.0 Å². The van der Waals surface area contributed by atoms with E-state index in [2.05, 4.69) is 0 Å². The smallest absolute Gasteiger partial charge is 0.331 e. The van der Waals surface area contributed by atoms with Crippen LogP contribution in [0.3, 0.4) is 0 Å². The normalized spacial score (nSPS) is 16.1. The quantitative estimate of drug-likeness (QED) is 0.560. The van der Waals surface area contributed by atoms with Crippen LogP contribution in [0.5, 0.6) is 0 Å². The fourth-order valence-corrected chi connectivity index (χ4v) is 6.44. The van der Waals surface area contributed by atoms with Crippen molar-refractivity contribution in [3.05, 3.63) is 68.9 Å². The molecule has 5 rings (SSSR count). The zero-order valence-electron chi connectivity index (χ0n) is 18.9. The lowest BCUT2D eigenvalue weighted by atomic mass is 10.0. The van der Waals surface area contributed by atoms with E-state index in [-0.39, 0.29) is 22.7 Å². The molecule has 1 saturated heterocycles. The van der Waals surface area contributed by atoms with Crippen molar-refractivity contribution >= 4 is 32.5 Å². The highest BCUT2D eigenvalue weighted by atomic mass is 32.2. The highest BCUT2D eigenvalue weighted by molar-refractivity contribution is 7.92. The minimum Gasteiger partial charge on any atom is -0.341 e. The number of hydrogen-bond donors (Lipinski definition) is 0. The second-order valence-corrected chi connectivity index (χ2v) is 10.7. The molecule has 0 N–H and O–H groups in total. The van der Waals surface area contributed by atoms with Crippen molar-refractivity contribution in [3.63, 3.8) is 0 Å². The molecular formula is C24H26N4O5S. The van der Waals surface area contributed by atoms with Gasteiger partial charge in [0.15, 0.2) is 0 Å². The molecule has 0 atom stereocenters. The van der Waals surface area contributed by atoms with Crippen LogP contribution in [0, 0.1) is 0 Å². The van der Waals surface area contributed by atoms with Crippen molar-refractivity contribution in [1.29, 1.82) is 0 Å². The molecule has 3 aromatic rings. The summed E-state index contributed by atoms with van der Waals surface area (Å²) >= 11 is 0. The van der Waals surface area contributed by atoms with E-state index < -0.39 is 21.3 Å². The van der Waals surface area contributed by atoms with Crippen molar-refractivity contribution in [1.82, 2.24) is 14.0 Å². The average molecular weight is 483 g/mol. The third kappa shape index (κ3) is 3.62. The third-order valence-corrected chi connectivity index (χ3v) is 8.54. The number of amides is 1. The zero-order valence-corrected chi connectivity index (χ0v) is 19.8. The van der Waals surface area contributed by atoms with E-state index in [0.29, 0.717) is 37.3 Å². The minimum absolute atomic E-state index is 0.0233. The van der Waals surface area contributed by atoms with Gasteiger partial charge in [0.05, 0.1) is 21.5 Å². The summed E-state index contributed by atoms with van der Waals surface area (Å²) in [6, 6.07) is 11.6. The molecule has 0 unspecified atom stereocenters. The highest BCUT2D eigenvalue weighted by Crippen LogP contribution is 2.32. The highest BCUT2D eigenvalue weighted by Gasteiger charge is 2.30. The number of carbonyl (C=O) groups excluding carboxylic acids is 1. The molecular weight excluding hydrogens is 456 g/mol. The summed E-state index contributed by atoms with van der Waals surface area (Å²) in [4.78, 5) is 40.4. The Kier molecular flexibility index (Phi) is 5.55. The van der Waals surface area contributed by atoms with Gasteiger partial charge in [0, 0.05) is 26.7 Å². The number of fused-ring (bicyclic) bond motifs is 2. The van der Waals surface area contributed by atoms with Crippen molar-refractivity contribution in [2.45, 2.75) is 37.1 Å². The SMILES string of the molecule is Cn1c(=O)n(CC(=O)N2CCCC2)c(=O)c2cc(S(=O)(=O)N3CCCc4ccccc43)ccc21. The first-order chi connectivity index (χ1) is 16.3. The van der Waals surface area contributed by atoms with Crippen LogP contribution in [0.2, 0.25) is 0 Å². The van der Waals surface area contributed by atoms with E-state index in [1.807, 2.05) is 12.1 Å². The van der Waals surface area contributed by atoms with Crippen LogP contribution >= 0.6 is 0 Å². The Morgan fingerprint density at radius 3 is 2.47 bits per heavy atom. The van der Waals surface area contributed by atoms with Crippen molar-refractivity contribution < 1.29 is 13.2 Å². The fraction of sp³-hybridized carbons (Fsp3) is 0.375. The van der Waals surface area contributed by atoms with E-state index in [0.717, 1.165) is 29.4 Å². The number of carbonyl (C=O) groups is 1. The maximum atomic E-state index is 13.6. The van der Waals surface area contributed by atoms with E-state index in [1.54, 1.807) is 17.0 Å². The number of sulfonamides is 1. The zero-order chi connectivity index (χ0) is 24.0. The van der Waals surface area contributed by atoms with E-state index in [4.69, 9.17) is 0 Å². The first kappa shape index (κ1) is 22.4. The first-order valence-corrected chi connectivity index (χ1v) is 12.8. The molecule has 1 aromatic heterocycles. The summed E-state index contributed by atoms with van der Waals surface area (Å²) in [7, 11) is -2.42. The number of rotatable bonds is 4. The molecule has 0 aliphatic carbocycles. The first-order valence-electron chi connectivity index (χ1n) is 11.4. The van der Waals surface area contributed by atoms with Gasteiger partial charge in [-0.05, 0) is 55.5 Å². The fourth-order valence-electron chi connectivity index (χ4n) is 4.87. The predicted octanol–water partition coefficient (Wildman–Crippen LogP) is 1.46. The molecule has 1 amide bonds. The van der Waals surface area contributed by atoms with Gasteiger partial charge in [-0.15, -0.1) is 0 Å². The monoisotopic (exact) mass is 482 g/mol. The maximum Gasteiger partial charge on any atom is 0.331 e. The van der Waals surface area contributed by atoms with Crippen LogP contribution in [0.15, 0.2) is 56.9 Å². The van der Waals surface area contributed by atoms with Crippen LogP contribution in [0.4, 0.5) is 5.69 Å². The maximum absolute atomic E-state index is 13.6. The van der Waals surface area contributed by atoms with Crippen molar-refractivity contribution in [2.75, 3.05) is 23.9 Å². The van der Waals surface area contributed by atoms with E-state index in [1.165, 1.54) is 34.1 Å². The van der Waals surface area contributed by atoms with Crippen molar-refractivity contribution in [2.24, 2.45) is 7.05 Å². The molecule has 3 heterocycles. The van der Waals surface area contributed by atoms with Gasteiger partial charge in [0.2, 0.25) is 5.91 Å². The van der Waals surface area contributed by atoms with Gasteiger partial charge in [-0.2, -0.15) is 0 Å². The lowest BCUT2D eigenvalue weighted by Crippen LogP contribution is -2.44. The van der Waals surface area contributed by atoms with Crippen LogP contribution in [0.25, 0.3) is 10.9 Å². The lowest BCUT2D eigenvalue weighted by Gasteiger charge is -2.30. The third-order valence-electron chi connectivity index (χ3n) is 6.73. The van der Waals surface area contributed by atoms with Gasteiger partial charge in [-0.25, -0.2) is 13.2 Å². The van der Waals surface area contributed by atoms with Gasteiger partial charge < -0.3 is 4.90 Å². The number of aryl methyl sites for hydroxylation is 2. The summed E-state index contributed by atoms with van der Waals surface area (Å²) < 4.78 is 30.7. The molecule has 0 bridgehead atoms. The number of anilines is 1. The minimum atomic E-state index is -3.93. The predicted molar refractivity (Wildman–Crippen MR) is 129 cm³/mol.